The van der Waals surface area contributed by atoms with Gasteiger partial charge in [-0.3, -0.25) is 4.79 Å². The molecule has 1 aromatic rings. The Morgan fingerprint density at radius 2 is 1.90 bits per heavy atom. The molecule has 0 atom stereocenters. The molecule has 1 heterocycles. The Morgan fingerprint density at radius 3 is 2.35 bits per heavy atom. The molecule has 5 nitrogen and oxygen atoms in total. The summed E-state index contributed by atoms with van der Waals surface area (Å²) in [5, 5.41) is 13.1. The Balaban J connectivity index is 3.33. The standard InChI is InChI=1S/C14H24N4OS/c1-7-10(8-2)9-15-18-12(19)11(14(3,4)5)16-17-13(18)20-6/h9-10H,7-8H2,1-6H3/b15-9+. The first-order valence-corrected chi connectivity index (χ1v) is 8.16. The summed E-state index contributed by atoms with van der Waals surface area (Å²) in [6.45, 7) is 10.1. The van der Waals surface area contributed by atoms with Crippen molar-refractivity contribution in [3.05, 3.63) is 16.0 Å². The average molecular weight is 296 g/mol. The van der Waals surface area contributed by atoms with E-state index in [1.54, 1.807) is 0 Å². The molecule has 0 saturated carbocycles. The lowest BCUT2D eigenvalue weighted by Crippen LogP contribution is -2.32. The maximum atomic E-state index is 12.5. The van der Waals surface area contributed by atoms with Gasteiger partial charge in [0, 0.05) is 11.6 Å². The highest BCUT2D eigenvalue weighted by Crippen LogP contribution is 2.17. The number of hydrogen-bond acceptors (Lipinski definition) is 5. The summed E-state index contributed by atoms with van der Waals surface area (Å²) < 4.78 is 1.37. The molecular formula is C14H24N4OS. The predicted octanol–water partition coefficient (Wildman–Crippen LogP) is 2.93. The molecule has 0 spiro atoms. The second kappa shape index (κ2) is 7.02. The molecule has 0 amide bonds. The van der Waals surface area contributed by atoms with Crippen LogP contribution in [0.2, 0.25) is 0 Å². The summed E-state index contributed by atoms with van der Waals surface area (Å²) in [7, 11) is 0. The zero-order valence-electron chi connectivity index (χ0n) is 13.2. The Kier molecular flexibility index (Phi) is 5.92. The molecule has 6 heteroatoms. The van der Waals surface area contributed by atoms with Crippen LogP contribution in [0.25, 0.3) is 0 Å². The van der Waals surface area contributed by atoms with Crippen LogP contribution in [0.3, 0.4) is 0 Å². The Hall–Kier alpha value is -1.17. The van der Waals surface area contributed by atoms with Crippen molar-refractivity contribution in [2.24, 2.45) is 11.0 Å². The van der Waals surface area contributed by atoms with E-state index >= 15 is 0 Å². The van der Waals surface area contributed by atoms with Gasteiger partial charge in [0.25, 0.3) is 5.56 Å². The maximum absolute atomic E-state index is 12.5. The van der Waals surface area contributed by atoms with E-state index in [-0.39, 0.29) is 11.0 Å². The van der Waals surface area contributed by atoms with E-state index in [9.17, 15) is 4.79 Å². The molecule has 112 valence electrons. The van der Waals surface area contributed by atoms with Crippen LogP contribution in [0.4, 0.5) is 0 Å². The Bertz CT molecular complexity index is 527. The van der Waals surface area contributed by atoms with Gasteiger partial charge in [-0.1, -0.05) is 46.4 Å². The molecule has 0 aromatic carbocycles. The minimum absolute atomic E-state index is 0.181. The van der Waals surface area contributed by atoms with E-state index in [2.05, 4.69) is 29.1 Å². The van der Waals surface area contributed by atoms with Crippen LogP contribution in [0, 0.1) is 5.92 Å². The molecule has 0 fully saturated rings. The molecule has 1 aromatic heterocycles. The van der Waals surface area contributed by atoms with Crippen molar-refractivity contribution in [1.29, 1.82) is 0 Å². The summed E-state index contributed by atoms with van der Waals surface area (Å²) in [6, 6.07) is 0. The summed E-state index contributed by atoms with van der Waals surface area (Å²) in [6.07, 6.45) is 5.72. The van der Waals surface area contributed by atoms with Gasteiger partial charge in [0.15, 0.2) is 0 Å². The fourth-order valence-corrected chi connectivity index (χ4v) is 2.15. The van der Waals surface area contributed by atoms with Gasteiger partial charge in [-0.05, 0) is 25.0 Å². The van der Waals surface area contributed by atoms with Crippen molar-refractivity contribution in [3.8, 4) is 0 Å². The second-order valence-corrected chi connectivity index (χ2v) is 6.52. The van der Waals surface area contributed by atoms with Gasteiger partial charge in [-0.15, -0.1) is 10.2 Å². The highest BCUT2D eigenvalue weighted by molar-refractivity contribution is 7.98. The maximum Gasteiger partial charge on any atom is 0.297 e. The van der Waals surface area contributed by atoms with Gasteiger partial charge in [-0.25, -0.2) is 0 Å². The van der Waals surface area contributed by atoms with Crippen LogP contribution in [-0.2, 0) is 5.41 Å². The van der Waals surface area contributed by atoms with Crippen molar-refractivity contribution in [2.45, 2.75) is 58.0 Å². The van der Waals surface area contributed by atoms with Gasteiger partial charge in [0.05, 0.1) is 0 Å². The molecule has 1 rings (SSSR count). The number of hydrogen-bond donors (Lipinski definition) is 0. The van der Waals surface area contributed by atoms with Crippen LogP contribution >= 0.6 is 11.8 Å². The fourth-order valence-electron chi connectivity index (χ4n) is 1.73. The molecule has 20 heavy (non-hydrogen) atoms. The molecule has 0 aliphatic carbocycles. The van der Waals surface area contributed by atoms with Crippen LogP contribution in [0.1, 0.15) is 53.2 Å². The minimum Gasteiger partial charge on any atom is -0.265 e. The van der Waals surface area contributed by atoms with E-state index in [4.69, 9.17) is 0 Å². The normalized spacial score (nSPS) is 12.6. The van der Waals surface area contributed by atoms with E-state index in [1.165, 1.54) is 16.4 Å². The summed E-state index contributed by atoms with van der Waals surface area (Å²) in [5.41, 5.74) is -0.0798. The van der Waals surface area contributed by atoms with Crippen molar-refractivity contribution in [3.63, 3.8) is 0 Å². The third-order valence-electron chi connectivity index (χ3n) is 3.15. The molecular weight excluding hydrogens is 272 g/mol. The summed E-state index contributed by atoms with van der Waals surface area (Å²) >= 11 is 1.37. The van der Waals surface area contributed by atoms with Crippen LogP contribution in [0.5, 0.6) is 0 Å². The lowest BCUT2D eigenvalue weighted by atomic mass is 9.93. The number of rotatable bonds is 5. The zero-order chi connectivity index (χ0) is 15.3. The van der Waals surface area contributed by atoms with E-state index in [1.807, 2.05) is 33.2 Å². The van der Waals surface area contributed by atoms with E-state index < -0.39 is 0 Å². The van der Waals surface area contributed by atoms with Crippen molar-refractivity contribution < 1.29 is 0 Å². The monoisotopic (exact) mass is 296 g/mol. The molecule has 0 radical (unpaired) electrons. The minimum atomic E-state index is -0.340. The topological polar surface area (TPSA) is 60.1 Å². The summed E-state index contributed by atoms with van der Waals surface area (Å²) in [5.74, 6) is 0.378. The van der Waals surface area contributed by atoms with Crippen LogP contribution < -0.4 is 5.56 Å². The lowest BCUT2D eigenvalue weighted by molar-refractivity contribution is 0.508. The first-order chi connectivity index (χ1) is 9.35. The number of aromatic nitrogens is 3. The van der Waals surface area contributed by atoms with Crippen molar-refractivity contribution in [2.75, 3.05) is 6.26 Å². The predicted molar refractivity (Wildman–Crippen MR) is 84.7 cm³/mol. The van der Waals surface area contributed by atoms with Gasteiger partial charge < -0.3 is 0 Å². The molecule has 0 unspecified atom stereocenters. The fraction of sp³-hybridized carbons (Fsp3) is 0.714. The van der Waals surface area contributed by atoms with Gasteiger partial charge in [0.1, 0.15) is 5.69 Å². The second-order valence-electron chi connectivity index (χ2n) is 5.74. The van der Waals surface area contributed by atoms with Crippen LogP contribution in [0.15, 0.2) is 15.1 Å². The van der Waals surface area contributed by atoms with Gasteiger partial charge in [0.2, 0.25) is 5.16 Å². The molecule has 0 saturated heterocycles. The Morgan fingerprint density at radius 1 is 1.30 bits per heavy atom. The highest BCUT2D eigenvalue weighted by Gasteiger charge is 2.23. The SMILES string of the molecule is CCC(/C=N/n1c(SC)nnc(C(C)(C)C)c1=O)CC. The molecule has 0 aliphatic rings. The van der Waals surface area contributed by atoms with E-state index in [0.717, 1.165) is 12.8 Å². The lowest BCUT2D eigenvalue weighted by Gasteiger charge is -2.17. The Labute approximate surface area is 124 Å². The third kappa shape index (κ3) is 3.91. The summed E-state index contributed by atoms with van der Waals surface area (Å²) in [4.78, 5) is 12.5. The quantitative estimate of drug-likeness (QED) is 0.619. The zero-order valence-corrected chi connectivity index (χ0v) is 14.0. The van der Waals surface area contributed by atoms with Gasteiger partial charge >= 0.3 is 0 Å². The number of thioether (sulfide) groups is 1. The molecule has 0 bridgehead atoms. The average Bonchev–Trinajstić information content (AvgIpc) is 2.39. The van der Waals surface area contributed by atoms with Gasteiger partial charge in [-0.2, -0.15) is 9.78 Å². The third-order valence-corrected chi connectivity index (χ3v) is 3.77. The number of nitrogens with zero attached hydrogens (tertiary/aromatic N) is 4. The molecule has 0 N–H and O–H groups in total. The van der Waals surface area contributed by atoms with Crippen LogP contribution in [-0.4, -0.2) is 27.3 Å². The smallest absolute Gasteiger partial charge is 0.265 e. The first kappa shape index (κ1) is 16.9. The first-order valence-electron chi connectivity index (χ1n) is 6.93. The highest BCUT2D eigenvalue weighted by atomic mass is 32.2. The van der Waals surface area contributed by atoms with Crippen molar-refractivity contribution in [1.82, 2.24) is 14.9 Å². The largest absolute Gasteiger partial charge is 0.297 e. The molecule has 0 aliphatic heterocycles. The van der Waals surface area contributed by atoms with E-state index in [0.29, 0.717) is 16.8 Å². The van der Waals surface area contributed by atoms with Crippen molar-refractivity contribution >= 4 is 18.0 Å².